The minimum atomic E-state index is -0.742. The topological polar surface area (TPSA) is 54.4 Å². The molecule has 7 atom stereocenters. The van der Waals surface area contributed by atoms with E-state index in [1.54, 1.807) is 0 Å². The summed E-state index contributed by atoms with van der Waals surface area (Å²) in [6, 6.07) is 0. The predicted octanol–water partition coefficient (Wildman–Crippen LogP) is 7.30. The van der Waals surface area contributed by atoms with Gasteiger partial charge in [-0.05, 0) is 85.4 Å². The fourth-order valence-electron chi connectivity index (χ4n) is 7.80. The van der Waals surface area contributed by atoms with Gasteiger partial charge in [0.1, 0.15) is 5.78 Å². The summed E-state index contributed by atoms with van der Waals surface area (Å²) >= 11 is 0. The van der Waals surface area contributed by atoms with Gasteiger partial charge >= 0.3 is 5.97 Å². The van der Waals surface area contributed by atoms with Gasteiger partial charge in [0, 0.05) is 12.8 Å². The highest BCUT2D eigenvalue weighted by atomic mass is 16.4. The number of carbonyl (C=O) groups is 2. The zero-order chi connectivity index (χ0) is 23.2. The fraction of sp³-hybridized carbons (Fsp3) is 0.857. The number of fused-ring (bicyclic) bond motifs is 1. The van der Waals surface area contributed by atoms with E-state index in [9.17, 15) is 14.7 Å². The van der Waals surface area contributed by atoms with Crippen LogP contribution in [-0.2, 0) is 9.59 Å². The number of hydrogen-bond acceptors (Lipinski definition) is 2. The summed E-state index contributed by atoms with van der Waals surface area (Å²) in [7, 11) is 0. The number of carboxylic acids is 1. The molecule has 0 radical (unpaired) electrons. The number of Topliss-reactive ketones (excluding diaryl/α,β-unsaturated/α-hetero) is 1. The zero-order valence-electron chi connectivity index (χ0n) is 20.9. The van der Waals surface area contributed by atoms with E-state index in [1.165, 1.54) is 0 Å². The summed E-state index contributed by atoms with van der Waals surface area (Å²) in [5.74, 6) is 2.36. The van der Waals surface area contributed by atoms with Crippen molar-refractivity contribution >= 4 is 11.8 Å². The summed E-state index contributed by atoms with van der Waals surface area (Å²) in [5, 5.41) is 10.3. The van der Waals surface area contributed by atoms with E-state index in [4.69, 9.17) is 0 Å². The lowest BCUT2D eigenvalue weighted by Gasteiger charge is -2.57. The number of carboxylic acid groups (broad SMARTS) is 1. The summed E-state index contributed by atoms with van der Waals surface area (Å²) in [6.45, 7) is 18.2. The van der Waals surface area contributed by atoms with Crippen LogP contribution in [0.2, 0.25) is 0 Å². The van der Waals surface area contributed by atoms with Crippen LogP contribution >= 0.6 is 0 Å². The van der Waals surface area contributed by atoms with Crippen LogP contribution in [0.1, 0.15) is 106 Å². The van der Waals surface area contributed by atoms with Gasteiger partial charge in [-0.3, -0.25) is 9.59 Å². The number of ketones is 1. The van der Waals surface area contributed by atoms with Crippen molar-refractivity contribution in [1.29, 1.82) is 0 Å². The molecule has 0 heterocycles. The molecule has 0 bridgehead atoms. The van der Waals surface area contributed by atoms with Crippen molar-refractivity contribution in [1.82, 2.24) is 0 Å². The maximum atomic E-state index is 12.5. The molecular weight excluding hydrogens is 384 g/mol. The maximum absolute atomic E-state index is 12.5. The van der Waals surface area contributed by atoms with Crippen molar-refractivity contribution < 1.29 is 14.7 Å². The van der Waals surface area contributed by atoms with Crippen molar-refractivity contribution in [3.05, 3.63) is 12.2 Å². The monoisotopic (exact) mass is 430 g/mol. The Morgan fingerprint density at radius 1 is 1.19 bits per heavy atom. The third kappa shape index (κ3) is 4.40. The minimum absolute atomic E-state index is 0.132. The summed E-state index contributed by atoms with van der Waals surface area (Å²) < 4.78 is 0. The molecule has 7 unspecified atom stereocenters. The number of hydrogen-bond donors (Lipinski definition) is 1. The van der Waals surface area contributed by atoms with Gasteiger partial charge in [-0.2, -0.15) is 0 Å². The van der Waals surface area contributed by atoms with Gasteiger partial charge in [0.15, 0.2) is 0 Å². The molecule has 3 saturated carbocycles. The number of carbonyl (C=O) groups excluding carboxylic acids is 1. The van der Waals surface area contributed by atoms with Gasteiger partial charge in [-0.15, -0.1) is 0 Å². The molecule has 0 saturated heterocycles. The van der Waals surface area contributed by atoms with Gasteiger partial charge in [0.25, 0.3) is 0 Å². The molecule has 0 spiro atoms. The lowest BCUT2D eigenvalue weighted by molar-refractivity contribution is -0.151. The second kappa shape index (κ2) is 8.67. The molecule has 3 fully saturated rings. The van der Waals surface area contributed by atoms with E-state index in [1.807, 2.05) is 0 Å². The molecule has 176 valence electrons. The van der Waals surface area contributed by atoms with E-state index >= 15 is 0 Å². The molecule has 0 aliphatic heterocycles. The molecule has 3 rings (SSSR count). The minimum Gasteiger partial charge on any atom is -0.481 e. The van der Waals surface area contributed by atoms with Crippen molar-refractivity contribution in [3.63, 3.8) is 0 Å². The van der Waals surface area contributed by atoms with Gasteiger partial charge < -0.3 is 5.11 Å². The van der Waals surface area contributed by atoms with Crippen molar-refractivity contribution in [3.8, 4) is 0 Å². The van der Waals surface area contributed by atoms with E-state index in [0.717, 1.165) is 63.4 Å². The molecule has 0 aromatic rings. The zero-order valence-corrected chi connectivity index (χ0v) is 20.9. The molecule has 3 nitrogen and oxygen atoms in total. The first-order chi connectivity index (χ1) is 14.4. The van der Waals surface area contributed by atoms with Crippen LogP contribution in [0.3, 0.4) is 0 Å². The Bertz CT molecular complexity index is 716. The number of aliphatic carboxylic acids is 1. The van der Waals surface area contributed by atoms with E-state index in [-0.39, 0.29) is 10.8 Å². The molecule has 3 aliphatic carbocycles. The normalized spacial score (nSPS) is 41.7. The summed E-state index contributed by atoms with van der Waals surface area (Å²) in [4.78, 5) is 24.7. The SMILES string of the molecule is C=C1C2CCC(C3(C)CCC(=O)CC3CC)C(C)C2CCC1(CCC(C)(C)C)C(=O)O. The first-order valence-corrected chi connectivity index (χ1v) is 12.8. The highest BCUT2D eigenvalue weighted by molar-refractivity contribution is 5.80. The smallest absolute Gasteiger partial charge is 0.313 e. The van der Waals surface area contributed by atoms with Crippen molar-refractivity contribution in [2.45, 2.75) is 106 Å². The lowest BCUT2D eigenvalue weighted by Crippen LogP contribution is -2.51. The van der Waals surface area contributed by atoms with Crippen LogP contribution in [0.5, 0.6) is 0 Å². The first kappa shape index (κ1) is 24.5. The first-order valence-electron chi connectivity index (χ1n) is 12.8. The second-order valence-corrected chi connectivity index (χ2v) is 12.7. The molecule has 3 aliphatic rings. The van der Waals surface area contributed by atoms with Crippen LogP contribution in [0.4, 0.5) is 0 Å². The maximum Gasteiger partial charge on any atom is 0.313 e. The standard InChI is InChI=1S/C28H46O3/c1-8-20-17-21(29)11-13-27(20,7)24-10-9-23-19(3)28(25(30)31,16-15-26(4,5)6)14-12-22(23)18(24)2/h18,20,22-24H,3,8-17H2,1-2,4-7H3,(H,30,31). The molecule has 0 amide bonds. The predicted molar refractivity (Wildman–Crippen MR) is 127 cm³/mol. The van der Waals surface area contributed by atoms with Crippen LogP contribution in [0, 0.1) is 45.8 Å². The lowest BCUT2D eigenvalue weighted by atomic mass is 9.47. The van der Waals surface area contributed by atoms with Crippen LogP contribution in [-0.4, -0.2) is 16.9 Å². The largest absolute Gasteiger partial charge is 0.481 e. The Kier molecular flexibility index (Phi) is 6.86. The molecule has 0 aromatic carbocycles. The number of rotatable bonds is 5. The highest BCUT2D eigenvalue weighted by Crippen LogP contribution is 2.61. The Morgan fingerprint density at radius 2 is 1.87 bits per heavy atom. The van der Waals surface area contributed by atoms with E-state index in [2.05, 4.69) is 48.1 Å². The van der Waals surface area contributed by atoms with Crippen LogP contribution in [0.15, 0.2) is 12.2 Å². The summed E-state index contributed by atoms with van der Waals surface area (Å²) in [5.41, 5.74) is 0.643. The second-order valence-electron chi connectivity index (χ2n) is 12.7. The Balaban J connectivity index is 1.81. The Morgan fingerprint density at radius 3 is 2.45 bits per heavy atom. The Hall–Kier alpha value is -1.12. The van der Waals surface area contributed by atoms with Gasteiger partial charge in [0.2, 0.25) is 0 Å². The summed E-state index contributed by atoms with van der Waals surface area (Å²) in [6.07, 6.45) is 9.20. The van der Waals surface area contributed by atoms with Gasteiger partial charge in [0.05, 0.1) is 5.41 Å². The Labute approximate surface area is 190 Å². The fourth-order valence-corrected chi connectivity index (χ4v) is 7.80. The van der Waals surface area contributed by atoms with E-state index < -0.39 is 11.4 Å². The third-order valence-corrected chi connectivity index (χ3v) is 9.98. The third-order valence-electron chi connectivity index (χ3n) is 9.98. The van der Waals surface area contributed by atoms with E-state index in [0.29, 0.717) is 41.8 Å². The van der Waals surface area contributed by atoms with Gasteiger partial charge in [-0.25, -0.2) is 0 Å². The molecule has 31 heavy (non-hydrogen) atoms. The average molecular weight is 431 g/mol. The molecule has 0 aromatic heterocycles. The highest BCUT2D eigenvalue weighted by Gasteiger charge is 2.55. The van der Waals surface area contributed by atoms with Crippen molar-refractivity contribution in [2.75, 3.05) is 0 Å². The molecule has 1 N–H and O–H groups in total. The van der Waals surface area contributed by atoms with Crippen LogP contribution < -0.4 is 0 Å². The average Bonchev–Trinajstić information content (AvgIpc) is 2.69. The van der Waals surface area contributed by atoms with Crippen molar-refractivity contribution in [2.24, 2.45) is 45.8 Å². The molecular formula is C28H46O3. The van der Waals surface area contributed by atoms with Gasteiger partial charge in [-0.1, -0.05) is 60.1 Å². The van der Waals surface area contributed by atoms with Crippen LogP contribution in [0.25, 0.3) is 0 Å². The quantitative estimate of drug-likeness (QED) is 0.466. The molecule has 3 heteroatoms.